The van der Waals surface area contributed by atoms with Crippen molar-refractivity contribution in [3.05, 3.63) is 48.0 Å². The van der Waals surface area contributed by atoms with Gasteiger partial charge in [0, 0.05) is 12.5 Å². The fraction of sp³-hybridized carbons (Fsp3) is 0.250. The van der Waals surface area contributed by atoms with E-state index in [1.165, 1.54) is 18.2 Å². The lowest BCUT2D eigenvalue weighted by Crippen LogP contribution is -2.11. The van der Waals surface area contributed by atoms with Crippen LogP contribution in [0.2, 0.25) is 0 Å². The molecule has 2 aromatic rings. The van der Waals surface area contributed by atoms with Crippen molar-refractivity contribution in [2.45, 2.75) is 17.5 Å². The van der Waals surface area contributed by atoms with Gasteiger partial charge in [0.2, 0.25) is 0 Å². The van der Waals surface area contributed by atoms with E-state index in [2.05, 4.69) is 0 Å². The van der Waals surface area contributed by atoms with Crippen LogP contribution in [0.3, 0.4) is 0 Å². The molecule has 0 bridgehead atoms. The number of hydrogen-bond acceptors (Lipinski definition) is 5. The van der Waals surface area contributed by atoms with Crippen LogP contribution in [0.15, 0.2) is 47.4 Å². The number of halogens is 3. The van der Waals surface area contributed by atoms with Crippen molar-refractivity contribution in [2.75, 3.05) is 13.2 Å². The summed E-state index contributed by atoms with van der Waals surface area (Å²) in [5.41, 5.74) is -1.00. The highest BCUT2D eigenvalue weighted by Crippen LogP contribution is 2.34. The lowest BCUT2D eigenvalue weighted by atomic mass is 10.2. The summed E-state index contributed by atoms with van der Waals surface area (Å²) >= 11 is 0. The van der Waals surface area contributed by atoms with Gasteiger partial charge in [0.05, 0.1) is 18.8 Å². The van der Waals surface area contributed by atoms with Gasteiger partial charge in [0.1, 0.15) is 10.6 Å². The van der Waals surface area contributed by atoms with Gasteiger partial charge in [-0.3, -0.25) is 0 Å². The summed E-state index contributed by atoms with van der Waals surface area (Å²) in [5.74, 6) is 0.212. The molecule has 0 saturated carbocycles. The predicted molar refractivity (Wildman–Crippen MR) is 81.3 cm³/mol. The molecule has 0 saturated heterocycles. The molecule has 5 nitrogen and oxygen atoms in total. The van der Waals surface area contributed by atoms with Crippen LogP contribution < -0.4 is 13.7 Å². The summed E-state index contributed by atoms with van der Waals surface area (Å²) in [4.78, 5) is -0.242. The minimum atomic E-state index is -4.60. The van der Waals surface area contributed by atoms with Crippen molar-refractivity contribution < 1.29 is 35.2 Å². The molecule has 25 heavy (non-hydrogen) atoms. The van der Waals surface area contributed by atoms with Gasteiger partial charge in [-0.1, -0.05) is 6.07 Å². The molecule has 3 rings (SSSR count). The Morgan fingerprint density at radius 1 is 0.960 bits per heavy atom. The van der Waals surface area contributed by atoms with E-state index in [0.717, 1.165) is 18.2 Å². The summed E-state index contributed by atoms with van der Waals surface area (Å²) in [7, 11) is -4.32. The van der Waals surface area contributed by atoms with E-state index in [1.54, 1.807) is 0 Å². The summed E-state index contributed by atoms with van der Waals surface area (Å²) in [6.07, 6.45) is -3.95. The molecule has 1 aliphatic rings. The Kier molecular flexibility index (Phi) is 4.51. The van der Waals surface area contributed by atoms with E-state index in [4.69, 9.17) is 13.7 Å². The third kappa shape index (κ3) is 3.98. The maximum absolute atomic E-state index is 12.7. The van der Waals surface area contributed by atoms with Crippen molar-refractivity contribution in [1.82, 2.24) is 0 Å². The fourth-order valence-electron chi connectivity index (χ4n) is 2.20. The van der Waals surface area contributed by atoms with E-state index >= 15 is 0 Å². The largest absolute Gasteiger partial charge is 0.490 e. The number of alkyl halides is 3. The predicted octanol–water partition coefficient (Wildman–Crippen LogP) is 3.63. The maximum Gasteiger partial charge on any atom is 0.416 e. The van der Waals surface area contributed by atoms with E-state index in [9.17, 15) is 21.6 Å². The molecular weight excluding hydrogens is 361 g/mol. The first kappa shape index (κ1) is 17.4. The van der Waals surface area contributed by atoms with Gasteiger partial charge in [-0.2, -0.15) is 21.6 Å². The van der Waals surface area contributed by atoms with Crippen molar-refractivity contribution >= 4 is 10.1 Å². The quantitative estimate of drug-likeness (QED) is 0.768. The molecule has 0 unspecified atom stereocenters. The first-order valence-corrected chi connectivity index (χ1v) is 8.68. The summed E-state index contributed by atoms with van der Waals surface area (Å²) < 4.78 is 78.4. The van der Waals surface area contributed by atoms with Gasteiger partial charge < -0.3 is 13.7 Å². The summed E-state index contributed by atoms with van der Waals surface area (Å²) in [5, 5.41) is 0. The first-order chi connectivity index (χ1) is 11.8. The van der Waals surface area contributed by atoms with Crippen LogP contribution in [0, 0.1) is 0 Å². The summed E-state index contributed by atoms with van der Waals surface area (Å²) in [6, 6.07) is 7.55. The van der Waals surface area contributed by atoms with Crippen LogP contribution in [-0.2, 0) is 16.3 Å². The van der Waals surface area contributed by atoms with Crippen molar-refractivity contribution in [2.24, 2.45) is 0 Å². The third-order valence-corrected chi connectivity index (χ3v) is 4.62. The third-order valence-electron chi connectivity index (χ3n) is 3.37. The molecule has 0 aromatic heterocycles. The van der Waals surface area contributed by atoms with E-state index in [0.29, 0.717) is 31.5 Å². The fourth-order valence-corrected chi connectivity index (χ4v) is 3.14. The molecule has 0 amide bonds. The Hall–Kier alpha value is -2.42. The molecule has 0 fully saturated rings. The van der Waals surface area contributed by atoms with Gasteiger partial charge in [-0.05, 0) is 30.3 Å². The highest BCUT2D eigenvalue weighted by molar-refractivity contribution is 7.87. The average Bonchev–Trinajstić information content (AvgIpc) is 2.78. The molecule has 134 valence electrons. The van der Waals surface area contributed by atoms with E-state index in [-0.39, 0.29) is 10.6 Å². The Bertz CT molecular complexity index is 878. The molecule has 0 atom stereocenters. The minimum absolute atomic E-state index is 0.242. The van der Waals surface area contributed by atoms with E-state index < -0.39 is 27.6 Å². The van der Waals surface area contributed by atoms with Crippen molar-refractivity contribution in [3.8, 4) is 17.2 Å². The smallest absolute Gasteiger partial charge is 0.416 e. The second kappa shape index (κ2) is 6.47. The van der Waals surface area contributed by atoms with Crippen molar-refractivity contribution in [3.63, 3.8) is 0 Å². The van der Waals surface area contributed by atoms with Gasteiger partial charge in [-0.15, -0.1) is 0 Å². The molecule has 0 N–H and O–H groups in total. The van der Waals surface area contributed by atoms with Crippen LogP contribution >= 0.6 is 0 Å². The zero-order chi connectivity index (χ0) is 18.1. The number of rotatable bonds is 3. The highest BCUT2D eigenvalue weighted by atomic mass is 32.2. The second-order valence-corrected chi connectivity index (χ2v) is 6.77. The monoisotopic (exact) mass is 374 g/mol. The normalized spacial score (nSPS) is 14.7. The Balaban J connectivity index is 1.89. The molecule has 0 aliphatic carbocycles. The molecular formula is C16H13F3O5S. The van der Waals surface area contributed by atoms with Gasteiger partial charge in [0.25, 0.3) is 0 Å². The lowest BCUT2D eigenvalue weighted by Gasteiger charge is -2.12. The van der Waals surface area contributed by atoms with Crippen LogP contribution in [-0.4, -0.2) is 21.6 Å². The van der Waals surface area contributed by atoms with Crippen molar-refractivity contribution in [1.29, 1.82) is 0 Å². The molecule has 1 aliphatic heterocycles. The van der Waals surface area contributed by atoms with Gasteiger partial charge in [0.15, 0.2) is 11.5 Å². The molecule has 2 aromatic carbocycles. The molecule has 9 heteroatoms. The number of ether oxygens (including phenoxy) is 2. The lowest BCUT2D eigenvalue weighted by molar-refractivity contribution is -0.137. The van der Waals surface area contributed by atoms with Gasteiger partial charge in [-0.25, -0.2) is 0 Å². The highest BCUT2D eigenvalue weighted by Gasteiger charge is 2.31. The standard InChI is InChI=1S/C16H13F3O5S/c17-16(18,19)11-3-1-4-12(9-11)24-25(20,21)13-5-6-14-15(10-13)23-8-2-7-22-14/h1,3-6,9-10H,2,7-8H2. The summed E-state index contributed by atoms with van der Waals surface area (Å²) in [6.45, 7) is 0.810. The zero-order valence-electron chi connectivity index (χ0n) is 12.7. The second-order valence-electron chi connectivity index (χ2n) is 5.22. The SMILES string of the molecule is O=S(=O)(Oc1cccc(C(F)(F)F)c1)c1ccc2c(c1)OCCCO2. The van der Waals surface area contributed by atoms with Gasteiger partial charge >= 0.3 is 16.3 Å². The first-order valence-electron chi connectivity index (χ1n) is 7.27. The van der Waals surface area contributed by atoms with Crippen LogP contribution in [0.5, 0.6) is 17.2 Å². The Morgan fingerprint density at radius 3 is 2.40 bits per heavy atom. The number of fused-ring (bicyclic) bond motifs is 1. The van der Waals surface area contributed by atoms with Crippen LogP contribution in [0.4, 0.5) is 13.2 Å². The topological polar surface area (TPSA) is 61.8 Å². The maximum atomic E-state index is 12.7. The minimum Gasteiger partial charge on any atom is -0.490 e. The molecule has 0 radical (unpaired) electrons. The van der Waals surface area contributed by atoms with Crippen LogP contribution in [0.25, 0.3) is 0 Å². The number of benzene rings is 2. The Labute approximate surface area is 142 Å². The zero-order valence-corrected chi connectivity index (χ0v) is 13.6. The Morgan fingerprint density at radius 2 is 1.68 bits per heavy atom. The molecule has 1 heterocycles. The number of hydrogen-bond donors (Lipinski definition) is 0. The van der Waals surface area contributed by atoms with E-state index in [1.807, 2.05) is 0 Å². The molecule has 0 spiro atoms. The van der Waals surface area contributed by atoms with Crippen LogP contribution in [0.1, 0.15) is 12.0 Å². The average molecular weight is 374 g/mol.